The minimum Gasteiger partial charge on any atom is -0.464 e. The smallest absolute Gasteiger partial charge is 0.425 e. The van der Waals surface area contributed by atoms with Gasteiger partial charge < -0.3 is 10.8 Å². The largest absolute Gasteiger partial charge is 0.464 e. The molecule has 0 atom stereocenters. The molecule has 3 amide bonds. The number of urea groups is 1. The number of carbonyl (C=O) groups is 2. The second-order valence-corrected chi connectivity index (χ2v) is 2.53. The fourth-order valence-electron chi connectivity index (χ4n) is 0.342. The second-order valence-electron chi connectivity index (χ2n) is 1.33. The van der Waals surface area contributed by atoms with Gasteiger partial charge in [0.2, 0.25) is 0 Å². The van der Waals surface area contributed by atoms with E-state index in [0.717, 1.165) is 11.9 Å². The van der Waals surface area contributed by atoms with E-state index in [2.05, 4.69) is 0 Å². The standard InChI is InChI=1S/C4H8N2O3S/c1-2-10-6(3(5)7)4(8)9/h2H2,1H3,(H2,5,7)(H,8,9). The topological polar surface area (TPSA) is 83.6 Å². The van der Waals surface area contributed by atoms with Crippen molar-refractivity contribution in [2.75, 3.05) is 5.75 Å². The fraction of sp³-hybridized carbons (Fsp3) is 0.500. The molecule has 0 aliphatic carbocycles. The Hall–Kier alpha value is -0.910. The van der Waals surface area contributed by atoms with Crippen molar-refractivity contribution in [2.24, 2.45) is 5.73 Å². The number of hydrogen-bond acceptors (Lipinski definition) is 3. The van der Waals surface area contributed by atoms with Gasteiger partial charge in [-0.3, -0.25) is 0 Å². The molecule has 10 heavy (non-hydrogen) atoms. The first-order valence-electron chi connectivity index (χ1n) is 2.55. The van der Waals surface area contributed by atoms with Crippen LogP contribution in [0.5, 0.6) is 0 Å². The Morgan fingerprint density at radius 1 is 1.70 bits per heavy atom. The van der Waals surface area contributed by atoms with Gasteiger partial charge in [0.15, 0.2) is 0 Å². The maximum atomic E-state index is 10.3. The summed E-state index contributed by atoms with van der Waals surface area (Å²) in [5, 5.41) is 8.28. The third kappa shape index (κ3) is 2.58. The Labute approximate surface area is 62.3 Å². The maximum Gasteiger partial charge on any atom is 0.425 e. The predicted molar refractivity (Wildman–Crippen MR) is 37.6 cm³/mol. The Kier molecular flexibility index (Phi) is 3.63. The van der Waals surface area contributed by atoms with Crippen molar-refractivity contribution >= 4 is 24.1 Å². The third-order valence-corrected chi connectivity index (χ3v) is 1.48. The molecule has 0 aliphatic rings. The minimum atomic E-state index is -1.33. The van der Waals surface area contributed by atoms with E-state index in [4.69, 9.17) is 10.8 Å². The van der Waals surface area contributed by atoms with Gasteiger partial charge in [-0.1, -0.05) is 6.92 Å². The van der Waals surface area contributed by atoms with Crippen molar-refractivity contribution in [1.82, 2.24) is 4.31 Å². The van der Waals surface area contributed by atoms with Gasteiger partial charge in [-0.25, -0.2) is 9.59 Å². The number of nitrogens with zero attached hydrogens (tertiary/aromatic N) is 1. The SMILES string of the molecule is CCSN(C(N)=O)C(=O)O. The molecule has 0 aliphatic heterocycles. The average molecular weight is 164 g/mol. The van der Waals surface area contributed by atoms with Gasteiger partial charge in [0.05, 0.1) is 0 Å². The number of carbonyl (C=O) groups excluding carboxylic acids is 1. The van der Waals surface area contributed by atoms with E-state index in [1.807, 2.05) is 0 Å². The first-order chi connectivity index (χ1) is 4.59. The molecule has 0 saturated carbocycles. The molecular weight excluding hydrogens is 156 g/mol. The molecule has 0 aromatic rings. The van der Waals surface area contributed by atoms with E-state index >= 15 is 0 Å². The quantitative estimate of drug-likeness (QED) is 0.589. The van der Waals surface area contributed by atoms with Gasteiger partial charge in [-0.2, -0.15) is 4.31 Å². The first kappa shape index (κ1) is 9.09. The molecule has 5 nitrogen and oxygen atoms in total. The van der Waals surface area contributed by atoms with Gasteiger partial charge in [0.1, 0.15) is 0 Å². The zero-order chi connectivity index (χ0) is 8.15. The summed E-state index contributed by atoms with van der Waals surface area (Å²) in [5.41, 5.74) is 4.71. The molecule has 0 saturated heterocycles. The first-order valence-corrected chi connectivity index (χ1v) is 3.49. The molecule has 3 N–H and O–H groups in total. The van der Waals surface area contributed by atoms with Crippen LogP contribution in [-0.2, 0) is 0 Å². The highest BCUT2D eigenvalue weighted by Gasteiger charge is 2.16. The minimum absolute atomic E-state index is 0.486. The van der Waals surface area contributed by atoms with Gasteiger partial charge in [0.25, 0.3) is 0 Å². The normalized spacial score (nSPS) is 8.90. The van der Waals surface area contributed by atoms with Crippen LogP contribution >= 0.6 is 11.9 Å². The maximum absolute atomic E-state index is 10.3. The molecule has 0 fully saturated rings. The monoisotopic (exact) mass is 164 g/mol. The third-order valence-electron chi connectivity index (χ3n) is 0.632. The van der Waals surface area contributed by atoms with E-state index in [0.29, 0.717) is 10.1 Å². The van der Waals surface area contributed by atoms with Crippen molar-refractivity contribution in [3.05, 3.63) is 0 Å². The highest BCUT2D eigenvalue weighted by atomic mass is 32.2. The summed E-state index contributed by atoms with van der Waals surface area (Å²) in [5.74, 6) is 0.495. The van der Waals surface area contributed by atoms with Crippen LogP contribution in [-0.4, -0.2) is 27.3 Å². The summed E-state index contributed by atoms with van der Waals surface area (Å²) in [6, 6.07) is -0.959. The molecule has 0 unspecified atom stereocenters. The molecule has 6 heteroatoms. The van der Waals surface area contributed by atoms with Crippen LogP contribution in [0.25, 0.3) is 0 Å². The van der Waals surface area contributed by atoms with E-state index in [1.165, 1.54) is 0 Å². The molecule has 0 aromatic heterocycles. The number of carboxylic acid groups (broad SMARTS) is 1. The van der Waals surface area contributed by atoms with Gasteiger partial charge in [-0.15, -0.1) is 0 Å². The summed E-state index contributed by atoms with van der Waals surface area (Å²) in [4.78, 5) is 20.4. The van der Waals surface area contributed by atoms with Gasteiger partial charge >= 0.3 is 12.1 Å². The zero-order valence-corrected chi connectivity index (χ0v) is 6.22. The summed E-state index contributed by atoms with van der Waals surface area (Å²) in [7, 11) is 0. The van der Waals surface area contributed by atoms with Crippen molar-refractivity contribution in [2.45, 2.75) is 6.92 Å². The highest BCUT2D eigenvalue weighted by molar-refractivity contribution is 7.97. The lowest BCUT2D eigenvalue weighted by atomic mass is 11.0. The molecule has 0 spiro atoms. The number of primary amides is 1. The molecule has 58 valence electrons. The van der Waals surface area contributed by atoms with Crippen LogP contribution in [0.1, 0.15) is 6.92 Å². The van der Waals surface area contributed by atoms with Crippen LogP contribution in [0.3, 0.4) is 0 Å². The van der Waals surface area contributed by atoms with Crippen molar-refractivity contribution in [3.63, 3.8) is 0 Å². The number of amides is 3. The number of nitrogens with two attached hydrogens (primary N) is 1. The Morgan fingerprint density at radius 3 is 2.30 bits per heavy atom. The van der Waals surface area contributed by atoms with Crippen LogP contribution in [0, 0.1) is 0 Å². The number of hydrogen-bond donors (Lipinski definition) is 2. The molecule has 0 bridgehead atoms. The second kappa shape index (κ2) is 3.99. The lowest BCUT2D eigenvalue weighted by Crippen LogP contribution is -2.34. The van der Waals surface area contributed by atoms with E-state index in [1.54, 1.807) is 6.92 Å². The van der Waals surface area contributed by atoms with Gasteiger partial charge in [0, 0.05) is 5.75 Å². The van der Waals surface area contributed by atoms with E-state index in [9.17, 15) is 9.59 Å². The lowest BCUT2D eigenvalue weighted by Gasteiger charge is -2.10. The van der Waals surface area contributed by atoms with E-state index < -0.39 is 12.1 Å². The fourth-order valence-corrected chi connectivity index (χ4v) is 0.838. The summed E-state index contributed by atoms with van der Waals surface area (Å²) >= 11 is 0.852. The van der Waals surface area contributed by atoms with Gasteiger partial charge in [-0.05, 0) is 11.9 Å². The average Bonchev–Trinajstić information content (AvgIpc) is 1.81. The number of imide groups is 1. The zero-order valence-electron chi connectivity index (χ0n) is 5.40. The number of rotatable bonds is 2. The summed E-state index contributed by atoms with van der Waals surface area (Å²) < 4.78 is 0.486. The molecule has 0 radical (unpaired) electrons. The molecular formula is C4H8N2O3S. The molecule has 0 heterocycles. The Morgan fingerprint density at radius 2 is 2.20 bits per heavy atom. The molecule has 0 aromatic carbocycles. The van der Waals surface area contributed by atoms with Crippen molar-refractivity contribution < 1.29 is 14.7 Å². The van der Waals surface area contributed by atoms with Crippen molar-refractivity contribution in [1.29, 1.82) is 0 Å². The molecule has 0 rings (SSSR count). The lowest BCUT2D eigenvalue weighted by molar-refractivity contribution is 0.176. The predicted octanol–water partition coefficient (Wildman–Crippen LogP) is 0.713. The van der Waals surface area contributed by atoms with Crippen LogP contribution in [0.4, 0.5) is 9.59 Å². The summed E-state index contributed by atoms with van der Waals surface area (Å²) in [6.07, 6.45) is -1.33. The van der Waals surface area contributed by atoms with Crippen LogP contribution in [0.2, 0.25) is 0 Å². The van der Waals surface area contributed by atoms with E-state index in [-0.39, 0.29) is 0 Å². The van der Waals surface area contributed by atoms with Crippen LogP contribution in [0.15, 0.2) is 0 Å². The van der Waals surface area contributed by atoms with Crippen molar-refractivity contribution in [3.8, 4) is 0 Å². The summed E-state index contributed by atoms with van der Waals surface area (Å²) in [6.45, 7) is 1.73. The Bertz CT molecular complexity index is 135. The Balaban J connectivity index is 3.98. The highest BCUT2D eigenvalue weighted by Crippen LogP contribution is 2.07. The van der Waals surface area contributed by atoms with Crippen LogP contribution < -0.4 is 5.73 Å².